The molecule has 0 fully saturated rings. The quantitative estimate of drug-likeness (QED) is 0.864. The molecule has 5 heteroatoms. The molecule has 0 spiro atoms. The van der Waals surface area contributed by atoms with E-state index in [-0.39, 0.29) is 19.0 Å². The van der Waals surface area contributed by atoms with Gasteiger partial charge in [-0.05, 0) is 63.6 Å². The number of hydrogen-bond acceptors (Lipinski definition) is 4. The van der Waals surface area contributed by atoms with E-state index in [9.17, 15) is 9.59 Å². The van der Waals surface area contributed by atoms with Crippen LogP contribution in [0.3, 0.4) is 0 Å². The van der Waals surface area contributed by atoms with Crippen LogP contribution in [-0.4, -0.2) is 30.6 Å². The zero-order chi connectivity index (χ0) is 17.0. The number of amides is 1. The number of carbonyl (C=O) groups excluding carboxylic acids is 2. The van der Waals surface area contributed by atoms with Gasteiger partial charge in [0, 0.05) is 5.69 Å². The summed E-state index contributed by atoms with van der Waals surface area (Å²) in [6.45, 7) is 5.19. The average Bonchev–Trinajstić information content (AvgIpc) is 2.50. The van der Waals surface area contributed by atoms with Gasteiger partial charge >= 0.3 is 5.97 Å². The fraction of sp³-hybridized carbons (Fsp3) is 0.556. The molecular weight excluding hydrogens is 292 g/mol. The second-order valence-electron chi connectivity index (χ2n) is 6.89. The van der Waals surface area contributed by atoms with Crippen molar-refractivity contribution in [1.29, 1.82) is 0 Å². The molecule has 0 radical (unpaired) electrons. The number of ether oxygens (including phenoxy) is 1. The molecule has 1 amide bonds. The van der Waals surface area contributed by atoms with E-state index >= 15 is 0 Å². The van der Waals surface area contributed by atoms with Gasteiger partial charge in [-0.3, -0.25) is 14.5 Å². The van der Waals surface area contributed by atoms with Crippen LogP contribution >= 0.6 is 0 Å². The molecule has 23 heavy (non-hydrogen) atoms. The van der Waals surface area contributed by atoms with Crippen LogP contribution in [0.25, 0.3) is 0 Å². The van der Waals surface area contributed by atoms with Gasteiger partial charge in [0.15, 0.2) is 0 Å². The minimum atomic E-state index is -0.579. The van der Waals surface area contributed by atoms with Crippen molar-refractivity contribution < 1.29 is 14.3 Å². The Bertz CT molecular complexity index is 590. The number of esters is 1. The zero-order valence-electron chi connectivity index (χ0n) is 14.2. The van der Waals surface area contributed by atoms with Crippen LogP contribution in [0.1, 0.15) is 44.7 Å². The van der Waals surface area contributed by atoms with Crippen molar-refractivity contribution in [3.8, 4) is 0 Å². The molecule has 0 saturated heterocycles. The lowest BCUT2D eigenvalue weighted by molar-refractivity contribution is -0.153. The Hall–Kier alpha value is -1.88. The van der Waals surface area contributed by atoms with Crippen LogP contribution in [0.5, 0.6) is 0 Å². The Morgan fingerprint density at radius 1 is 1.22 bits per heavy atom. The van der Waals surface area contributed by atoms with Crippen molar-refractivity contribution in [2.75, 3.05) is 18.0 Å². The van der Waals surface area contributed by atoms with E-state index in [4.69, 9.17) is 10.5 Å². The van der Waals surface area contributed by atoms with Crippen LogP contribution in [0, 0.1) is 0 Å². The maximum Gasteiger partial charge on any atom is 0.326 e. The second-order valence-corrected chi connectivity index (χ2v) is 6.89. The standard InChI is InChI=1S/C18H26N2O3/c1-18(2,3)23-17(22)12-20(16(21)11-19)15-10-6-8-13-7-4-5-9-14(13)15/h6,8,10H,4-5,7,9,11-12,19H2,1-3H3. The Morgan fingerprint density at radius 3 is 2.57 bits per heavy atom. The number of benzene rings is 1. The maximum atomic E-state index is 12.3. The molecule has 0 unspecified atom stereocenters. The number of fused-ring (bicyclic) bond motifs is 1. The molecule has 5 nitrogen and oxygen atoms in total. The third-order valence-corrected chi connectivity index (χ3v) is 3.84. The minimum Gasteiger partial charge on any atom is -0.459 e. The van der Waals surface area contributed by atoms with Crippen LogP contribution in [0.2, 0.25) is 0 Å². The minimum absolute atomic E-state index is 0.107. The number of nitrogens with zero attached hydrogens (tertiary/aromatic N) is 1. The normalized spacial score (nSPS) is 14.1. The van der Waals surface area contributed by atoms with Gasteiger partial charge in [-0.2, -0.15) is 0 Å². The van der Waals surface area contributed by atoms with Gasteiger partial charge in [-0.25, -0.2) is 0 Å². The maximum absolute atomic E-state index is 12.3. The van der Waals surface area contributed by atoms with Gasteiger partial charge in [0.1, 0.15) is 12.1 Å². The molecule has 2 rings (SSSR count). The molecule has 0 saturated carbocycles. The summed E-state index contributed by atoms with van der Waals surface area (Å²) in [5.41, 5.74) is 8.18. The Kier molecular flexibility index (Phi) is 5.42. The van der Waals surface area contributed by atoms with E-state index in [2.05, 4.69) is 6.07 Å². The van der Waals surface area contributed by atoms with Crippen molar-refractivity contribution >= 4 is 17.6 Å². The Morgan fingerprint density at radius 2 is 1.91 bits per heavy atom. The number of hydrogen-bond donors (Lipinski definition) is 1. The second kappa shape index (κ2) is 7.13. The van der Waals surface area contributed by atoms with Gasteiger partial charge in [-0.15, -0.1) is 0 Å². The van der Waals surface area contributed by atoms with Crippen molar-refractivity contribution in [2.45, 2.75) is 52.1 Å². The van der Waals surface area contributed by atoms with Crippen molar-refractivity contribution in [1.82, 2.24) is 0 Å². The number of aryl methyl sites for hydroxylation is 1. The van der Waals surface area contributed by atoms with E-state index in [1.54, 1.807) is 0 Å². The summed E-state index contributed by atoms with van der Waals surface area (Å²) in [5, 5.41) is 0. The molecule has 0 aromatic heterocycles. The lowest BCUT2D eigenvalue weighted by Gasteiger charge is -2.28. The SMILES string of the molecule is CC(C)(C)OC(=O)CN(C(=O)CN)c1cccc2c1CCCC2. The molecule has 0 heterocycles. The summed E-state index contributed by atoms with van der Waals surface area (Å²) in [6.07, 6.45) is 4.20. The molecule has 1 aliphatic rings. The summed E-state index contributed by atoms with van der Waals surface area (Å²) in [5.74, 6) is -0.692. The third kappa shape index (κ3) is 4.55. The number of nitrogens with two attached hydrogens (primary N) is 1. The van der Waals surface area contributed by atoms with Gasteiger partial charge in [0.05, 0.1) is 6.54 Å². The molecular formula is C18H26N2O3. The van der Waals surface area contributed by atoms with Crippen LogP contribution in [-0.2, 0) is 27.2 Å². The van der Waals surface area contributed by atoms with Crippen LogP contribution in [0.15, 0.2) is 18.2 Å². The fourth-order valence-corrected chi connectivity index (χ4v) is 2.93. The summed E-state index contributed by atoms with van der Waals surface area (Å²) >= 11 is 0. The lowest BCUT2D eigenvalue weighted by atomic mass is 9.90. The molecule has 126 valence electrons. The molecule has 2 N–H and O–H groups in total. The first-order valence-corrected chi connectivity index (χ1v) is 8.15. The van der Waals surface area contributed by atoms with Gasteiger partial charge < -0.3 is 10.5 Å². The highest BCUT2D eigenvalue weighted by Gasteiger charge is 2.25. The predicted octanol–water partition coefficient (Wildman–Crippen LogP) is 2.20. The summed E-state index contributed by atoms with van der Waals surface area (Å²) in [7, 11) is 0. The van der Waals surface area contributed by atoms with E-state index in [0.29, 0.717) is 0 Å². The van der Waals surface area contributed by atoms with Crippen LogP contribution in [0.4, 0.5) is 5.69 Å². The first-order chi connectivity index (χ1) is 10.8. The topological polar surface area (TPSA) is 72.6 Å². The number of anilines is 1. The largest absolute Gasteiger partial charge is 0.459 e. The first-order valence-electron chi connectivity index (χ1n) is 8.15. The average molecular weight is 318 g/mol. The van der Waals surface area contributed by atoms with Gasteiger partial charge in [0.2, 0.25) is 5.91 Å². The summed E-state index contributed by atoms with van der Waals surface area (Å²) in [6, 6.07) is 5.92. The number of carbonyl (C=O) groups is 2. The number of rotatable bonds is 4. The van der Waals surface area contributed by atoms with E-state index < -0.39 is 11.6 Å². The van der Waals surface area contributed by atoms with Gasteiger partial charge in [-0.1, -0.05) is 12.1 Å². The molecule has 0 atom stereocenters. The molecule has 1 aliphatic carbocycles. The molecule has 1 aromatic carbocycles. The van der Waals surface area contributed by atoms with Gasteiger partial charge in [0.25, 0.3) is 0 Å². The lowest BCUT2D eigenvalue weighted by Crippen LogP contribution is -2.42. The highest BCUT2D eigenvalue weighted by molar-refractivity contribution is 5.99. The zero-order valence-corrected chi connectivity index (χ0v) is 14.2. The van der Waals surface area contributed by atoms with E-state index in [1.807, 2.05) is 32.9 Å². The summed E-state index contributed by atoms with van der Waals surface area (Å²) < 4.78 is 5.35. The first kappa shape index (κ1) is 17.5. The van der Waals surface area contributed by atoms with Crippen molar-refractivity contribution in [3.05, 3.63) is 29.3 Å². The smallest absolute Gasteiger partial charge is 0.326 e. The van der Waals surface area contributed by atoms with E-state index in [1.165, 1.54) is 10.5 Å². The van der Waals surface area contributed by atoms with Crippen molar-refractivity contribution in [3.63, 3.8) is 0 Å². The highest BCUT2D eigenvalue weighted by atomic mass is 16.6. The third-order valence-electron chi connectivity index (χ3n) is 3.84. The van der Waals surface area contributed by atoms with Crippen molar-refractivity contribution in [2.24, 2.45) is 5.73 Å². The molecule has 1 aromatic rings. The molecule has 0 bridgehead atoms. The van der Waals surface area contributed by atoms with Crippen LogP contribution < -0.4 is 10.6 Å². The predicted molar refractivity (Wildman–Crippen MR) is 90.3 cm³/mol. The molecule has 0 aliphatic heterocycles. The highest BCUT2D eigenvalue weighted by Crippen LogP contribution is 2.30. The Labute approximate surface area is 137 Å². The summed E-state index contributed by atoms with van der Waals surface area (Å²) in [4.78, 5) is 25.9. The monoisotopic (exact) mass is 318 g/mol. The Balaban J connectivity index is 2.29. The van der Waals surface area contributed by atoms with E-state index in [0.717, 1.165) is 36.9 Å². The fourth-order valence-electron chi connectivity index (χ4n) is 2.93.